The normalized spacial score (nSPS) is 14.7. The Labute approximate surface area is 88.7 Å². The van der Waals surface area contributed by atoms with Gasteiger partial charge in [0.2, 0.25) is 0 Å². The molecule has 4 heteroatoms. The molecule has 0 amide bonds. The lowest BCUT2D eigenvalue weighted by atomic mass is 9.97. The molecule has 0 heterocycles. The molecular weight excluding hydrogens is 197 g/mol. The number of ether oxygens (including phenoxy) is 1. The molecule has 1 rings (SSSR count). The number of hydrogen-bond donors (Lipinski definition) is 2. The Morgan fingerprint density at radius 1 is 1.53 bits per heavy atom. The third kappa shape index (κ3) is 2.67. The molecule has 0 spiro atoms. The number of methoxy groups -OCH3 is 1. The average Bonchev–Trinajstić information content (AvgIpc) is 2.26. The lowest BCUT2D eigenvalue weighted by Crippen LogP contribution is -2.18. The molecule has 15 heavy (non-hydrogen) atoms. The summed E-state index contributed by atoms with van der Waals surface area (Å²) in [5.74, 6) is -0.401. The standard InChI is InChI=1S/C11H16FNO2/c1-7(6-13)11(14)8-3-4-10(15-2)9(12)5-8/h3-5,7,11,14H,6,13H2,1-2H3. The predicted octanol–water partition coefficient (Wildman–Crippen LogP) is 1.46. The van der Waals surface area contributed by atoms with E-state index in [1.165, 1.54) is 19.2 Å². The number of aliphatic hydroxyl groups excluding tert-OH is 1. The Hall–Kier alpha value is -1.13. The van der Waals surface area contributed by atoms with Gasteiger partial charge in [0.05, 0.1) is 13.2 Å². The van der Waals surface area contributed by atoms with Crippen LogP contribution in [-0.2, 0) is 0 Å². The van der Waals surface area contributed by atoms with E-state index in [4.69, 9.17) is 10.5 Å². The molecule has 2 unspecified atom stereocenters. The second kappa shape index (κ2) is 5.09. The van der Waals surface area contributed by atoms with Gasteiger partial charge in [-0.15, -0.1) is 0 Å². The molecule has 3 N–H and O–H groups in total. The summed E-state index contributed by atoms with van der Waals surface area (Å²) < 4.78 is 18.1. The third-order valence-corrected chi connectivity index (χ3v) is 2.43. The van der Waals surface area contributed by atoms with Gasteiger partial charge in [-0.3, -0.25) is 0 Å². The Kier molecular flexibility index (Phi) is 4.05. The van der Waals surface area contributed by atoms with Gasteiger partial charge >= 0.3 is 0 Å². The summed E-state index contributed by atoms with van der Waals surface area (Å²) in [7, 11) is 1.40. The van der Waals surface area contributed by atoms with E-state index in [0.29, 0.717) is 12.1 Å². The van der Waals surface area contributed by atoms with Crippen molar-refractivity contribution in [2.45, 2.75) is 13.0 Å². The second-order valence-corrected chi connectivity index (χ2v) is 3.55. The van der Waals surface area contributed by atoms with Crippen molar-refractivity contribution in [1.82, 2.24) is 0 Å². The van der Waals surface area contributed by atoms with Crippen LogP contribution in [0.4, 0.5) is 4.39 Å². The van der Waals surface area contributed by atoms with Crippen LogP contribution in [0.25, 0.3) is 0 Å². The number of aliphatic hydroxyl groups is 1. The quantitative estimate of drug-likeness (QED) is 0.796. The molecule has 0 radical (unpaired) electrons. The first-order valence-corrected chi connectivity index (χ1v) is 4.81. The Balaban J connectivity index is 2.92. The maximum absolute atomic E-state index is 13.3. The highest BCUT2D eigenvalue weighted by Crippen LogP contribution is 2.25. The zero-order chi connectivity index (χ0) is 11.4. The highest BCUT2D eigenvalue weighted by Gasteiger charge is 2.16. The first-order valence-electron chi connectivity index (χ1n) is 4.81. The lowest BCUT2D eigenvalue weighted by molar-refractivity contribution is 0.121. The summed E-state index contributed by atoms with van der Waals surface area (Å²) in [5.41, 5.74) is 5.95. The van der Waals surface area contributed by atoms with Gasteiger partial charge in [0.1, 0.15) is 0 Å². The van der Waals surface area contributed by atoms with Crippen LogP contribution in [0.3, 0.4) is 0 Å². The fraction of sp³-hybridized carbons (Fsp3) is 0.455. The monoisotopic (exact) mass is 213 g/mol. The fourth-order valence-corrected chi connectivity index (χ4v) is 1.32. The van der Waals surface area contributed by atoms with Crippen molar-refractivity contribution >= 4 is 0 Å². The maximum Gasteiger partial charge on any atom is 0.165 e. The van der Waals surface area contributed by atoms with Crippen molar-refractivity contribution in [3.05, 3.63) is 29.6 Å². The van der Waals surface area contributed by atoms with Gasteiger partial charge in [-0.25, -0.2) is 4.39 Å². The first kappa shape index (κ1) is 11.9. The number of rotatable bonds is 4. The van der Waals surface area contributed by atoms with Gasteiger partial charge in [-0.2, -0.15) is 0 Å². The van der Waals surface area contributed by atoms with Crippen molar-refractivity contribution < 1.29 is 14.2 Å². The van der Waals surface area contributed by atoms with E-state index < -0.39 is 11.9 Å². The molecule has 2 atom stereocenters. The van der Waals surface area contributed by atoms with E-state index in [1.54, 1.807) is 6.07 Å². The van der Waals surface area contributed by atoms with E-state index in [-0.39, 0.29) is 11.7 Å². The van der Waals surface area contributed by atoms with Gasteiger partial charge in [0.15, 0.2) is 11.6 Å². The minimum absolute atomic E-state index is 0.0993. The van der Waals surface area contributed by atoms with E-state index in [0.717, 1.165) is 0 Å². The van der Waals surface area contributed by atoms with Gasteiger partial charge in [-0.1, -0.05) is 13.0 Å². The third-order valence-electron chi connectivity index (χ3n) is 2.43. The molecule has 0 aliphatic rings. The Morgan fingerprint density at radius 2 is 2.20 bits per heavy atom. The predicted molar refractivity (Wildman–Crippen MR) is 56.1 cm³/mol. The zero-order valence-corrected chi connectivity index (χ0v) is 8.90. The molecule has 84 valence electrons. The summed E-state index contributed by atoms with van der Waals surface area (Å²) in [6.45, 7) is 2.17. The molecule has 0 aliphatic heterocycles. The number of benzene rings is 1. The molecule has 0 aromatic heterocycles. The summed E-state index contributed by atoms with van der Waals surface area (Å²) in [4.78, 5) is 0. The Morgan fingerprint density at radius 3 is 2.67 bits per heavy atom. The topological polar surface area (TPSA) is 55.5 Å². The average molecular weight is 213 g/mol. The highest BCUT2D eigenvalue weighted by atomic mass is 19.1. The molecular formula is C11H16FNO2. The van der Waals surface area contributed by atoms with Crippen LogP contribution in [0, 0.1) is 11.7 Å². The summed E-state index contributed by atoms with van der Waals surface area (Å²) in [6, 6.07) is 4.41. The van der Waals surface area contributed by atoms with Gasteiger partial charge < -0.3 is 15.6 Å². The van der Waals surface area contributed by atoms with Crippen molar-refractivity contribution in [3.8, 4) is 5.75 Å². The first-order chi connectivity index (χ1) is 7.10. The lowest BCUT2D eigenvalue weighted by Gasteiger charge is -2.17. The van der Waals surface area contributed by atoms with Crippen molar-refractivity contribution in [1.29, 1.82) is 0 Å². The minimum Gasteiger partial charge on any atom is -0.494 e. The molecule has 0 fully saturated rings. The SMILES string of the molecule is COc1ccc(C(O)C(C)CN)cc1F. The molecule has 3 nitrogen and oxygen atoms in total. The van der Waals surface area contributed by atoms with Crippen molar-refractivity contribution in [3.63, 3.8) is 0 Å². The van der Waals surface area contributed by atoms with E-state index >= 15 is 0 Å². The van der Waals surface area contributed by atoms with Crippen LogP contribution in [0.5, 0.6) is 5.75 Å². The van der Waals surface area contributed by atoms with Crippen LogP contribution < -0.4 is 10.5 Å². The van der Waals surface area contributed by atoms with Gasteiger partial charge in [0.25, 0.3) is 0 Å². The highest BCUT2D eigenvalue weighted by molar-refractivity contribution is 5.30. The van der Waals surface area contributed by atoms with Crippen LogP contribution in [0.1, 0.15) is 18.6 Å². The maximum atomic E-state index is 13.3. The number of hydrogen-bond acceptors (Lipinski definition) is 3. The van der Waals surface area contributed by atoms with Gasteiger partial charge in [-0.05, 0) is 30.2 Å². The van der Waals surface area contributed by atoms with Crippen molar-refractivity contribution in [2.24, 2.45) is 11.7 Å². The minimum atomic E-state index is -0.740. The summed E-state index contributed by atoms with van der Waals surface area (Å²) >= 11 is 0. The van der Waals surface area contributed by atoms with Crippen LogP contribution >= 0.6 is 0 Å². The van der Waals surface area contributed by atoms with E-state index in [2.05, 4.69) is 0 Å². The molecule has 1 aromatic rings. The molecule has 0 aliphatic carbocycles. The molecule has 0 saturated heterocycles. The fourth-order valence-electron chi connectivity index (χ4n) is 1.32. The van der Waals surface area contributed by atoms with E-state index in [1.807, 2.05) is 6.92 Å². The number of nitrogens with two attached hydrogens (primary N) is 1. The molecule has 0 saturated carbocycles. The second-order valence-electron chi connectivity index (χ2n) is 3.55. The van der Waals surface area contributed by atoms with Crippen LogP contribution in [0.15, 0.2) is 18.2 Å². The number of halogens is 1. The molecule has 0 bridgehead atoms. The van der Waals surface area contributed by atoms with Crippen LogP contribution in [0.2, 0.25) is 0 Å². The van der Waals surface area contributed by atoms with Crippen LogP contribution in [-0.4, -0.2) is 18.8 Å². The largest absolute Gasteiger partial charge is 0.494 e. The van der Waals surface area contributed by atoms with E-state index in [9.17, 15) is 9.50 Å². The smallest absolute Gasteiger partial charge is 0.165 e. The summed E-state index contributed by atoms with van der Waals surface area (Å²) in [5, 5.41) is 9.79. The zero-order valence-electron chi connectivity index (χ0n) is 8.90. The summed E-state index contributed by atoms with van der Waals surface area (Å²) in [6.07, 6.45) is -0.740. The Bertz CT molecular complexity index is 330. The van der Waals surface area contributed by atoms with Gasteiger partial charge in [0, 0.05) is 0 Å². The molecule has 1 aromatic carbocycles. The van der Waals surface area contributed by atoms with Crippen molar-refractivity contribution in [2.75, 3.05) is 13.7 Å².